The van der Waals surface area contributed by atoms with Crippen LogP contribution in [0.1, 0.15) is 30.9 Å². The lowest BCUT2D eigenvalue weighted by Crippen LogP contribution is -2.49. The molecule has 110 valence electrons. The molecule has 0 radical (unpaired) electrons. The molecule has 0 N–H and O–H groups in total. The number of aromatic nitrogens is 4. The highest BCUT2D eigenvalue weighted by Gasteiger charge is 2.29. The largest absolute Gasteiger partial charge is 0.356 e. The van der Waals surface area contributed by atoms with Gasteiger partial charge < -0.3 is 4.90 Å². The molecule has 1 aliphatic heterocycles. The average Bonchev–Trinajstić information content (AvgIpc) is 2.77. The van der Waals surface area contributed by atoms with E-state index in [0.29, 0.717) is 16.9 Å². The molecule has 0 bridgehead atoms. The van der Waals surface area contributed by atoms with E-state index in [2.05, 4.69) is 26.0 Å². The second kappa shape index (κ2) is 5.30. The van der Waals surface area contributed by atoms with Gasteiger partial charge in [0.1, 0.15) is 12.1 Å². The predicted molar refractivity (Wildman–Crippen MR) is 81.6 cm³/mol. The molecule has 2 aliphatic rings. The van der Waals surface area contributed by atoms with Crippen molar-refractivity contribution in [2.45, 2.75) is 31.7 Å². The van der Waals surface area contributed by atoms with Gasteiger partial charge in [-0.05, 0) is 12.8 Å². The van der Waals surface area contributed by atoms with Crippen LogP contribution < -0.4 is 4.90 Å². The quantitative estimate of drug-likeness (QED) is 0.871. The molecule has 1 aliphatic carbocycles. The third-order valence-corrected chi connectivity index (χ3v) is 4.72. The third kappa shape index (κ3) is 2.62. The van der Waals surface area contributed by atoms with Crippen molar-refractivity contribution in [3.63, 3.8) is 0 Å². The Morgan fingerprint density at radius 1 is 1.24 bits per heavy atom. The molecule has 5 nitrogen and oxygen atoms in total. The molecule has 1 saturated carbocycles. The number of nitrogens with zero attached hydrogens (tertiary/aromatic N) is 5. The number of rotatable bonds is 4. The van der Waals surface area contributed by atoms with Crippen LogP contribution in [0.3, 0.4) is 0 Å². The summed E-state index contributed by atoms with van der Waals surface area (Å²) in [6.45, 7) is 2.97. The van der Waals surface area contributed by atoms with Gasteiger partial charge in [0.25, 0.3) is 0 Å². The van der Waals surface area contributed by atoms with E-state index in [1.807, 2.05) is 10.9 Å². The Morgan fingerprint density at radius 2 is 2.10 bits per heavy atom. The molecular formula is C15H18ClN5. The molecule has 2 aromatic rings. The lowest BCUT2D eigenvalue weighted by Gasteiger charge is -2.40. The zero-order valence-electron chi connectivity index (χ0n) is 11.8. The first-order valence-corrected chi connectivity index (χ1v) is 7.90. The van der Waals surface area contributed by atoms with Gasteiger partial charge in [-0.15, -0.1) is 0 Å². The standard InChI is InChI=1S/C15H18ClN5/c16-13-5-19-21(9-13)8-11-6-20(7-11)15-4-14(17-10-18-15)12-2-1-3-12/h4-5,9-12H,1-3,6-8H2. The lowest BCUT2D eigenvalue weighted by atomic mass is 9.83. The van der Waals surface area contributed by atoms with Crippen LogP contribution in [0.5, 0.6) is 0 Å². The second-order valence-electron chi connectivity index (χ2n) is 6.08. The normalized spacial score (nSPS) is 19.4. The van der Waals surface area contributed by atoms with E-state index >= 15 is 0 Å². The molecule has 0 spiro atoms. The molecule has 0 aromatic carbocycles. The maximum Gasteiger partial charge on any atom is 0.132 e. The van der Waals surface area contributed by atoms with Crippen molar-refractivity contribution < 1.29 is 0 Å². The predicted octanol–water partition coefficient (Wildman–Crippen LogP) is 2.73. The Hall–Kier alpha value is -1.62. The number of hydrogen-bond acceptors (Lipinski definition) is 4. The summed E-state index contributed by atoms with van der Waals surface area (Å²) >= 11 is 5.89. The molecule has 2 fully saturated rings. The van der Waals surface area contributed by atoms with Crippen LogP contribution in [0.4, 0.5) is 5.82 Å². The molecule has 6 heteroatoms. The molecule has 2 aromatic heterocycles. The van der Waals surface area contributed by atoms with Crippen LogP contribution in [0, 0.1) is 5.92 Å². The van der Waals surface area contributed by atoms with Crippen LogP contribution in [0.2, 0.25) is 5.02 Å². The van der Waals surface area contributed by atoms with Gasteiger partial charge in [0.05, 0.1) is 11.2 Å². The van der Waals surface area contributed by atoms with Crippen molar-refractivity contribution in [1.29, 1.82) is 0 Å². The van der Waals surface area contributed by atoms with E-state index in [-0.39, 0.29) is 0 Å². The maximum absolute atomic E-state index is 5.89. The topological polar surface area (TPSA) is 46.8 Å². The molecule has 0 unspecified atom stereocenters. The fourth-order valence-electron chi connectivity index (χ4n) is 3.04. The molecule has 4 rings (SSSR count). The monoisotopic (exact) mass is 303 g/mol. The average molecular weight is 304 g/mol. The molecular weight excluding hydrogens is 286 g/mol. The number of hydrogen-bond donors (Lipinski definition) is 0. The summed E-state index contributed by atoms with van der Waals surface area (Å²) in [4.78, 5) is 11.2. The Balaban J connectivity index is 1.36. The van der Waals surface area contributed by atoms with Gasteiger partial charge in [0.15, 0.2) is 0 Å². The van der Waals surface area contributed by atoms with Crippen molar-refractivity contribution in [2.75, 3.05) is 18.0 Å². The SMILES string of the molecule is Clc1cnn(CC2CN(c3cc(C4CCC4)ncn3)C2)c1. The van der Waals surface area contributed by atoms with Crippen LogP contribution >= 0.6 is 11.6 Å². The van der Waals surface area contributed by atoms with E-state index in [4.69, 9.17) is 11.6 Å². The summed E-state index contributed by atoms with van der Waals surface area (Å²) in [5.41, 5.74) is 1.22. The zero-order valence-corrected chi connectivity index (χ0v) is 12.6. The van der Waals surface area contributed by atoms with Crippen LogP contribution in [-0.2, 0) is 6.54 Å². The Kier molecular flexibility index (Phi) is 3.30. The van der Waals surface area contributed by atoms with Crippen molar-refractivity contribution in [2.24, 2.45) is 5.92 Å². The summed E-state index contributed by atoms with van der Waals surface area (Å²) < 4.78 is 1.92. The molecule has 0 atom stereocenters. The van der Waals surface area contributed by atoms with Crippen molar-refractivity contribution in [1.82, 2.24) is 19.7 Å². The van der Waals surface area contributed by atoms with Crippen molar-refractivity contribution in [3.8, 4) is 0 Å². The fourth-order valence-corrected chi connectivity index (χ4v) is 3.19. The van der Waals surface area contributed by atoms with E-state index in [1.54, 1.807) is 12.5 Å². The third-order valence-electron chi connectivity index (χ3n) is 4.53. The summed E-state index contributed by atoms with van der Waals surface area (Å²) in [6.07, 6.45) is 9.17. The highest BCUT2D eigenvalue weighted by Crippen LogP contribution is 2.36. The van der Waals surface area contributed by atoms with Gasteiger partial charge >= 0.3 is 0 Å². The summed E-state index contributed by atoms with van der Waals surface area (Å²) in [6, 6.07) is 2.17. The Labute approximate surface area is 129 Å². The van der Waals surface area contributed by atoms with Crippen molar-refractivity contribution >= 4 is 17.4 Å². The highest BCUT2D eigenvalue weighted by molar-refractivity contribution is 6.30. The van der Waals surface area contributed by atoms with Crippen molar-refractivity contribution in [3.05, 3.63) is 35.5 Å². The van der Waals surface area contributed by atoms with Crippen LogP contribution in [0.25, 0.3) is 0 Å². The summed E-state index contributed by atoms with van der Waals surface area (Å²) in [5, 5.41) is 4.93. The smallest absolute Gasteiger partial charge is 0.132 e. The van der Waals surface area contributed by atoms with Gasteiger partial charge in [-0.3, -0.25) is 4.68 Å². The first-order valence-electron chi connectivity index (χ1n) is 7.53. The lowest BCUT2D eigenvalue weighted by molar-refractivity contribution is 0.339. The number of anilines is 1. The summed E-state index contributed by atoms with van der Waals surface area (Å²) in [5.74, 6) is 2.35. The first kappa shape index (κ1) is 13.1. The Bertz CT molecular complexity index is 630. The minimum Gasteiger partial charge on any atom is -0.356 e. The minimum absolute atomic E-state index is 0.614. The van der Waals surface area contributed by atoms with Gasteiger partial charge in [0, 0.05) is 49.4 Å². The molecule has 21 heavy (non-hydrogen) atoms. The van der Waals surface area contributed by atoms with Gasteiger partial charge in [-0.25, -0.2) is 9.97 Å². The maximum atomic E-state index is 5.89. The van der Waals surface area contributed by atoms with Crippen LogP contribution in [0.15, 0.2) is 24.8 Å². The fraction of sp³-hybridized carbons (Fsp3) is 0.533. The van der Waals surface area contributed by atoms with Gasteiger partial charge in [-0.1, -0.05) is 18.0 Å². The number of halogens is 1. The van der Waals surface area contributed by atoms with E-state index in [1.165, 1.54) is 25.0 Å². The zero-order chi connectivity index (χ0) is 14.2. The summed E-state index contributed by atoms with van der Waals surface area (Å²) in [7, 11) is 0. The first-order chi connectivity index (χ1) is 10.3. The minimum atomic E-state index is 0.614. The molecule has 1 saturated heterocycles. The highest BCUT2D eigenvalue weighted by atomic mass is 35.5. The van der Waals surface area contributed by atoms with E-state index < -0.39 is 0 Å². The van der Waals surface area contributed by atoms with E-state index in [9.17, 15) is 0 Å². The van der Waals surface area contributed by atoms with E-state index in [0.717, 1.165) is 25.5 Å². The van der Waals surface area contributed by atoms with Crippen LogP contribution in [-0.4, -0.2) is 32.8 Å². The Morgan fingerprint density at radius 3 is 2.76 bits per heavy atom. The van der Waals surface area contributed by atoms with Gasteiger partial charge in [0.2, 0.25) is 0 Å². The second-order valence-corrected chi connectivity index (χ2v) is 6.52. The van der Waals surface area contributed by atoms with Gasteiger partial charge in [-0.2, -0.15) is 5.10 Å². The molecule has 3 heterocycles. The molecule has 0 amide bonds.